The highest BCUT2D eigenvalue weighted by molar-refractivity contribution is 5.91. The van der Waals surface area contributed by atoms with Crippen LogP contribution in [0.1, 0.15) is 69.4 Å². The molecule has 2 aliphatic rings. The number of carboxylic acids is 1. The molecule has 4 N–H and O–H groups in total. The fourth-order valence-electron chi connectivity index (χ4n) is 5.42. The molecule has 0 radical (unpaired) electrons. The number of nitrogens with zero attached hydrogens (tertiary/aromatic N) is 2. The normalized spacial score (nSPS) is 24.1. The summed E-state index contributed by atoms with van der Waals surface area (Å²) in [6, 6.07) is 9.70. The number of pyridine rings is 1. The first kappa shape index (κ1) is 21.7. The van der Waals surface area contributed by atoms with Crippen molar-refractivity contribution in [3.63, 3.8) is 0 Å². The summed E-state index contributed by atoms with van der Waals surface area (Å²) in [5.74, 6) is -0.630. The van der Waals surface area contributed by atoms with E-state index in [1.54, 1.807) is 6.20 Å². The Morgan fingerprint density at radius 1 is 1.06 bits per heavy atom. The molecule has 0 saturated heterocycles. The van der Waals surface area contributed by atoms with Crippen molar-refractivity contribution in [3.05, 3.63) is 52.4 Å². The fourth-order valence-corrected chi connectivity index (χ4v) is 5.42. The number of carbonyl (C=O) groups is 1. The third-order valence-corrected chi connectivity index (χ3v) is 7.40. The van der Waals surface area contributed by atoms with E-state index < -0.39 is 11.6 Å². The lowest BCUT2D eigenvalue weighted by Gasteiger charge is -2.35. The van der Waals surface area contributed by atoms with E-state index in [9.17, 15) is 19.8 Å². The molecule has 2 fully saturated rings. The van der Waals surface area contributed by atoms with Gasteiger partial charge in [-0.25, -0.2) is 0 Å². The van der Waals surface area contributed by atoms with Gasteiger partial charge >= 0.3 is 5.97 Å². The molecule has 0 spiro atoms. The maximum Gasteiger partial charge on any atom is 0.306 e. The number of aliphatic hydroxyl groups is 1. The Hall–Kier alpha value is -3.13. The third kappa shape index (κ3) is 4.15. The highest BCUT2D eigenvalue weighted by atomic mass is 16.4. The molecule has 33 heavy (non-hydrogen) atoms. The zero-order valence-corrected chi connectivity index (χ0v) is 18.6. The van der Waals surface area contributed by atoms with Crippen molar-refractivity contribution >= 4 is 28.4 Å². The molecular formula is C25H30N4O4. The molecule has 0 atom stereocenters. The summed E-state index contributed by atoms with van der Waals surface area (Å²) >= 11 is 0. The van der Waals surface area contributed by atoms with Gasteiger partial charge in [-0.05, 0) is 62.3 Å². The van der Waals surface area contributed by atoms with Crippen molar-refractivity contribution in [2.24, 2.45) is 5.92 Å². The Bertz CT molecular complexity index is 1200. The van der Waals surface area contributed by atoms with Crippen LogP contribution < -0.4 is 10.9 Å². The molecule has 1 aromatic carbocycles. The van der Waals surface area contributed by atoms with E-state index in [0.717, 1.165) is 29.6 Å². The predicted molar refractivity (Wildman–Crippen MR) is 126 cm³/mol. The highest BCUT2D eigenvalue weighted by Gasteiger charge is 2.37. The first-order valence-electron chi connectivity index (χ1n) is 11.9. The first-order chi connectivity index (χ1) is 15.9. The van der Waals surface area contributed by atoms with Gasteiger partial charge in [0.1, 0.15) is 5.39 Å². The molecule has 8 heteroatoms. The van der Waals surface area contributed by atoms with E-state index in [2.05, 4.69) is 10.3 Å². The number of rotatable bonds is 5. The molecule has 5 rings (SSSR count). The quantitative estimate of drug-likeness (QED) is 0.456. The highest BCUT2D eigenvalue weighted by Crippen LogP contribution is 2.40. The minimum absolute atomic E-state index is 0.168. The Morgan fingerprint density at radius 2 is 1.76 bits per heavy atom. The summed E-state index contributed by atoms with van der Waals surface area (Å²) in [5.41, 5.74) is 1.23. The van der Waals surface area contributed by atoms with E-state index in [1.807, 2.05) is 35.0 Å². The molecule has 3 aromatic rings. The summed E-state index contributed by atoms with van der Waals surface area (Å²) < 4.78 is 2.00. The average Bonchev–Trinajstić information content (AvgIpc) is 3.20. The molecule has 2 saturated carbocycles. The van der Waals surface area contributed by atoms with Crippen LogP contribution in [0.15, 0.2) is 41.3 Å². The molecule has 0 aliphatic heterocycles. The monoisotopic (exact) mass is 450 g/mol. The second-order valence-corrected chi connectivity index (χ2v) is 9.50. The topological polar surface area (TPSA) is 120 Å². The van der Waals surface area contributed by atoms with Gasteiger partial charge in [0.2, 0.25) is 0 Å². The molecular weight excluding hydrogens is 420 g/mol. The number of benzene rings is 1. The summed E-state index contributed by atoms with van der Waals surface area (Å²) in [7, 11) is 0. The Kier molecular flexibility index (Phi) is 5.70. The lowest BCUT2D eigenvalue weighted by molar-refractivity contribution is -0.145. The number of nitrogens with one attached hydrogen (secondary N) is 2. The second kappa shape index (κ2) is 8.67. The van der Waals surface area contributed by atoms with E-state index in [1.165, 1.54) is 19.3 Å². The zero-order chi connectivity index (χ0) is 23.0. The first-order valence-corrected chi connectivity index (χ1v) is 11.9. The Balaban J connectivity index is 1.39. The van der Waals surface area contributed by atoms with Crippen molar-refractivity contribution in [2.45, 2.75) is 69.4 Å². The van der Waals surface area contributed by atoms with Crippen LogP contribution in [0.4, 0.5) is 11.5 Å². The molecule has 2 heterocycles. The molecule has 0 unspecified atom stereocenters. The van der Waals surface area contributed by atoms with E-state index in [-0.39, 0.29) is 11.5 Å². The number of aromatic amines is 1. The number of anilines is 2. The molecule has 2 aliphatic carbocycles. The van der Waals surface area contributed by atoms with Gasteiger partial charge in [0.25, 0.3) is 5.56 Å². The summed E-state index contributed by atoms with van der Waals surface area (Å²) in [4.78, 5) is 26.6. The number of H-pyrrole nitrogens is 1. The van der Waals surface area contributed by atoms with Crippen LogP contribution in [0.2, 0.25) is 0 Å². The lowest BCUT2D eigenvalue weighted by atomic mass is 9.75. The largest absolute Gasteiger partial charge is 0.481 e. The number of hydrogen-bond acceptors (Lipinski definition) is 5. The van der Waals surface area contributed by atoms with Gasteiger partial charge < -0.3 is 20.5 Å². The van der Waals surface area contributed by atoms with Crippen LogP contribution in [-0.2, 0) is 10.4 Å². The van der Waals surface area contributed by atoms with Crippen molar-refractivity contribution in [1.82, 2.24) is 14.8 Å². The van der Waals surface area contributed by atoms with Gasteiger partial charge in [-0.1, -0.05) is 31.4 Å². The maximum atomic E-state index is 12.6. The smallest absolute Gasteiger partial charge is 0.306 e. The zero-order valence-electron chi connectivity index (χ0n) is 18.6. The van der Waals surface area contributed by atoms with Gasteiger partial charge in [-0.2, -0.15) is 5.10 Å². The SMILES string of the molecule is O=C(O)C1CCC(O)(c2ccc(Nc3nn(C4CCCCC4)c4cc[nH]c(=O)c34)cc2)CC1. The number of hydrogen-bond donors (Lipinski definition) is 4. The van der Waals surface area contributed by atoms with Gasteiger partial charge in [0, 0.05) is 11.9 Å². The Morgan fingerprint density at radius 3 is 2.42 bits per heavy atom. The lowest BCUT2D eigenvalue weighted by Crippen LogP contribution is -2.33. The second-order valence-electron chi connectivity index (χ2n) is 9.50. The number of fused-ring (bicyclic) bond motifs is 1. The van der Waals surface area contributed by atoms with Crippen molar-refractivity contribution in [1.29, 1.82) is 0 Å². The molecule has 174 valence electrons. The average molecular weight is 451 g/mol. The summed E-state index contributed by atoms with van der Waals surface area (Å²) in [6.07, 6.45) is 9.22. The molecule has 2 aromatic heterocycles. The van der Waals surface area contributed by atoms with Gasteiger partial charge in [-0.15, -0.1) is 0 Å². The minimum atomic E-state index is -1.00. The Labute approximate surface area is 191 Å². The van der Waals surface area contributed by atoms with Crippen molar-refractivity contribution < 1.29 is 15.0 Å². The standard InChI is InChI=1S/C25H30N4O4/c30-23-21-20(12-15-26-23)29(19-4-2-1-3-5-19)28-22(21)27-18-8-6-17(7-9-18)25(33)13-10-16(11-14-25)24(31)32/h6-9,12,15-16,19,33H,1-5,10-11,13-14H2,(H,26,30)(H,27,28)(H,31,32). The minimum Gasteiger partial charge on any atom is -0.481 e. The van der Waals surface area contributed by atoms with Gasteiger partial charge in [0.15, 0.2) is 5.82 Å². The van der Waals surface area contributed by atoms with E-state index in [4.69, 9.17) is 5.10 Å². The van der Waals surface area contributed by atoms with Crippen LogP contribution in [0.5, 0.6) is 0 Å². The molecule has 0 amide bonds. The number of aromatic nitrogens is 3. The predicted octanol–water partition coefficient (Wildman–Crippen LogP) is 4.44. The van der Waals surface area contributed by atoms with Crippen molar-refractivity contribution in [2.75, 3.05) is 5.32 Å². The third-order valence-electron chi connectivity index (χ3n) is 7.40. The van der Waals surface area contributed by atoms with Crippen LogP contribution in [0.25, 0.3) is 10.9 Å². The van der Waals surface area contributed by atoms with Gasteiger partial charge in [0.05, 0.1) is 23.1 Å². The summed E-state index contributed by atoms with van der Waals surface area (Å²) in [5, 5.41) is 28.9. The molecule has 8 nitrogen and oxygen atoms in total. The van der Waals surface area contributed by atoms with Crippen LogP contribution >= 0.6 is 0 Å². The fraction of sp³-hybridized carbons (Fsp3) is 0.480. The van der Waals surface area contributed by atoms with E-state index in [0.29, 0.717) is 42.9 Å². The van der Waals surface area contributed by atoms with Crippen molar-refractivity contribution in [3.8, 4) is 0 Å². The number of carboxylic acid groups (broad SMARTS) is 1. The van der Waals surface area contributed by atoms with Crippen LogP contribution in [0, 0.1) is 5.92 Å². The van der Waals surface area contributed by atoms with E-state index >= 15 is 0 Å². The number of aliphatic carboxylic acids is 1. The molecule has 0 bridgehead atoms. The van der Waals surface area contributed by atoms with Crippen LogP contribution in [0.3, 0.4) is 0 Å². The van der Waals surface area contributed by atoms with Crippen LogP contribution in [-0.4, -0.2) is 30.9 Å². The van der Waals surface area contributed by atoms with Gasteiger partial charge in [-0.3, -0.25) is 14.3 Å². The summed E-state index contributed by atoms with van der Waals surface area (Å²) in [6.45, 7) is 0. The maximum absolute atomic E-state index is 12.6.